The molecule has 0 bridgehead atoms. The Labute approximate surface area is 122 Å². The van der Waals surface area contributed by atoms with Crippen LogP contribution in [0.25, 0.3) is 11.2 Å². The van der Waals surface area contributed by atoms with E-state index in [9.17, 15) is 0 Å². The molecule has 3 aromatic heterocycles. The maximum absolute atomic E-state index is 6.19. The van der Waals surface area contributed by atoms with Crippen molar-refractivity contribution in [3.63, 3.8) is 0 Å². The number of hydrogen-bond donors (Lipinski definition) is 1. The van der Waals surface area contributed by atoms with Crippen LogP contribution in [0.3, 0.4) is 0 Å². The summed E-state index contributed by atoms with van der Waals surface area (Å²) in [5.74, 6) is 0.572. The van der Waals surface area contributed by atoms with Crippen LogP contribution in [-0.4, -0.2) is 19.3 Å². The van der Waals surface area contributed by atoms with Gasteiger partial charge in [-0.25, -0.2) is 4.98 Å². The minimum atomic E-state index is 0.236. The zero-order chi connectivity index (χ0) is 14.3. The number of thiophene rings is 1. The van der Waals surface area contributed by atoms with E-state index >= 15 is 0 Å². The highest BCUT2D eigenvalue weighted by molar-refractivity contribution is 7.10. The van der Waals surface area contributed by atoms with Crippen LogP contribution in [0, 0.1) is 6.92 Å². The van der Waals surface area contributed by atoms with E-state index in [-0.39, 0.29) is 6.04 Å². The van der Waals surface area contributed by atoms with Crippen LogP contribution in [0.2, 0.25) is 0 Å². The summed E-state index contributed by atoms with van der Waals surface area (Å²) in [7, 11) is 1.95. The first-order valence-corrected chi connectivity index (χ1v) is 7.71. The lowest BCUT2D eigenvalue weighted by Crippen LogP contribution is -2.14. The number of imidazole rings is 1. The van der Waals surface area contributed by atoms with Crippen molar-refractivity contribution in [2.24, 2.45) is 7.05 Å². The van der Waals surface area contributed by atoms with Gasteiger partial charge in [0.15, 0.2) is 5.65 Å². The molecule has 0 aliphatic heterocycles. The van der Waals surface area contributed by atoms with E-state index in [0.717, 1.165) is 29.7 Å². The normalized spacial score (nSPS) is 13.2. The summed E-state index contributed by atoms with van der Waals surface area (Å²) in [5, 5.41) is 6.56. The van der Waals surface area contributed by atoms with Crippen LogP contribution < -0.4 is 5.73 Å². The maximum atomic E-state index is 6.19. The van der Waals surface area contributed by atoms with E-state index in [1.165, 1.54) is 4.88 Å². The molecular formula is C14H19N5S. The number of aryl methyl sites for hydroxylation is 2. The van der Waals surface area contributed by atoms with Gasteiger partial charge in [-0.3, -0.25) is 9.25 Å². The first kappa shape index (κ1) is 13.2. The van der Waals surface area contributed by atoms with E-state index in [1.54, 1.807) is 11.3 Å². The molecule has 0 fully saturated rings. The fourth-order valence-electron chi connectivity index (χ4n) is 2.77. The van der Waals surface area contributed by atoms with Gasteiger partial charge in [-0.05, 0) is 24.8 Å². The van der Waals surface area contributed by atoms with Crippen molar-refractivity contribution in [2.75, 3.05) is 5.73 Å². The Kier molecular flexibility index (Phi) is 3.25. The lowest BCUT2D eigenvalue weighted by atomic mass is 10.1. The summed E-state index contributed by atoms with van der Waals surface area (Å²) in [6, 6.07) is 4.49. The van der Waals surface area contributed by atoms with Crippen molar-refractivity contribution >= 4 is 28.4 Å². The largest absolute Gasteiger partial charge is 0.369 e. The van der Waals surface area contributed by atoms with Crippen molar-refractivity contribution in [3.05, 3.63) is 28.1 Å². The first-order valence-electron chi connectivity index (χ1n) is 6.83. The summed E-state index contributed by atoms with van der Waals surface area (Å²) in [6.45, 7) is 4.17. The van der Waals surface area contributed by atoms with Crippen LogP contribution in [0.1, 0.15) is 36.4 Å². The number of nitrogens with zero attached hydrogens (tertiary/aromatic N) is 4. The Morgan fingerprint density at radius 2 is 2.25 bits per heavy atom. The Bertz CT molecular complexity index is 722. The fraction of sp³-hybridized carbons (Fsp3) is 0.429. The molecule has 0 spiro atoms. The second kappa shape index (κ2) is 4.94. The highest BCUT2D eigenvalue weighted by atomic mass is 32.1. The lowest BCUT2D eigenvalue weighted by Gasteiger charge is -2.18. The van der Waals surface area contributed by atoms with Crippen molar-refractivity contribution in [1.29, 1.82) is 0 Å². The van der Waals surface area contributed by atoms with Gasteiger partial charge in [-0.15, -0.1) is 11.3 Å². The molecular weight excluding hydrogens is 270 g/mol. The number of hydrogen-bond acceptors (Lipinski definition) is 4. The summed E-state index contributed by atoms with van der Waals surface area (Å²) < 4.78 is 4.01. The van der Waals surface area contributed by atoms with Gasteiger partial charge < -0.3 is 5.73 Å². The molecule has 1 atom stereocenters. The highest BCUT2D eigenvalue weighted by Crippen LogP contribution is 2.33. The predicted molar refractivity (Wildman–Crippen MR) is 83.0 cm³/mol. The summed E-state index contributed by atoms with van der Waals surface area (Å²) >= 11 is 1.77. The average molecular weight is 289 g/mol. The number of anilines is 1. The van der Waals surface area contributed by atoms with Crippen LogP contribution in [0.15, 0.2) is 17.5 Å². The SMILES string of the molecule is CCCC(c1cccs1)n1c(N)nc2c(C)nn(C)c21. The van der Waals surface area contributed by atoms with Crippen LogP contribution in [0.4, 0.5) is 5.95 Å². The molecule has 3 heterocycles. The zero-order valence-corrected chi connectivity index (χ0v) is 12.8. The van der Waals surface area contributed by atoms with Gasteiger partial charge in [0.05, 0.1) is 11.7 Å². The Hall–Kier alpha value is -1.82. The third-order valence-electron chi connectivity index (χ3n) is 3.61. The minimum Gasteiger partial charge on any atom is -0.369 e. The number of fused-ring (bicyclic) bond motifs is 1. The molecule has 3 aromatic rings. The van der Waals surface area contributed by atoms with Crippen molar-refractivity contribution in [1.82, 2.24) is 19.3 Å². The number of aromatic nitrogens is 4. The smallest absolute Gasteiger partial charge is 0.203 e. The molecule has 6 heteroatoms. The Morgan fingerprint density at radius 1 is 1.45 bits per heavy atom. The van der Waals surface area contributed by atoms with E-state index in [2.05, 4.69) is 39.1 Å². The third-order valence-corrected chi connectivity index (χ3v) is 4.58. The monoisotopic (exact) mass is 289 g/mol. The average Bonchev–Trinajstić information content (AvgIpc) is 3.08. The van der Waals surface area contributed by atoms with Gasteiger partial charge in [0, 0.05) is 11.9 Å². The summed E-state index contributed by atoms with van der Waals surface area (Å²) in [4.78, 5) is 5.82. The first-order chi connectivity index (χ1) is 9.63. The van der Waals surface area contributed by atoms with E-state index in [1.807, 2.05) is 18.7 Å². The van der Waals surface area contributed by atoms with Gasteiger partial charge in [0.25, 0.3) is 0 Å². The molecule has 0 saturated carbocycles. The van der Waals surface area contributed by atoms with Gasteiger partial charge >= 0.3 is 0 Å². The molecule has 20 heavy (non-hydrogen) atoms. The predicted octanol–water partition coefficient (Wildman–Crippen LogP) is 3.11. The molecule has 106 valence electrons. The maximum Gasteiger partial charge on any atom is 0.203 e. The van der Waals surface area contributed by atoms with Crippen molar-refractivity contribution in [3.8, 4) is 0 Å². The highest BCUT2D eigenvalue weighted by Gasteiger charge is 2.23. The molecule has 3 rings (SSSR count). The summed E-state index contributed by atoms with van der Waals surface area (Å²) in [6.07, 6.45) is 2.14. The summed E-state index contributed by atoms with van der Waals surface area (Å²) in [5.41, 5.74) is 9.03. The van der Waals surface area contributed by atoms with E-state index in [0.29, 0.717) is 5.95 Å². The molecule has 2 N–H and O–H groups in total. The molecule has 0 amide bonds. The molecule has 0 saturated heterocycles. The zero-order valence-electron chi connectivity index (χ0n) is 12.0. The standard InChI is InChI=1S/C14H19N5S/c1-4-6-10(11-7-5-8-20-11)19-13-12(16-14(19)15)9(2)17-18(13)3/h5,7-8,10H,4,6H2,1-3H3,(H2,15,16). The Morgan fingerprint density at radius 3 is 2.90 bits per heavy atom. The number of nitrogens with two attached hydrogens (primary N) is 1. The van der Waals surface area contributed by atoms with Gasteiger partial charge in [-0.1, -0.05) is 19.4 Å². The number of nitrogen functional groups attached to an aromatic ring is 1. The molecule has 5 nitrogen and oxygen atoms in total. The van der Waals surface area contributed by atoms with Gasteiger partial charge in [-0.2, -0.15) is 5.10 Å². The van der Waals surface area contributed by atoms with Gasteiger partial charge in [0.2, 0.25) is 5.95 Å². The van der Waals surface area contributed by atoms with Crippen LogP contribution in [0.5, 0.6) is 0 Å². The quantitative estimate of drug-likeness (QED) is 0.802. The van der Waals surface area contributed by atoms with E-state index in [4.69, 9.17) is 5.73 Å². The fourth-order valence-corrected chi connectivity index (χ4v) is 3.62. The molecule has 0 aromatic carbocycles. The van der Waals surface area contributed by atoms with Crippen LogP contribution >= 0.6 is 11.3 Å². The topological polar surface area (TPSA) is 61.7 Å². The second-order valence-corrected chi connectivity index (χ2v) is 6.02. The van der Waals surface area contributed by atoms with Gasteiger partial charge in [0.1, 0.15) is 5.52 Å². The van der Waals surface area contributed by atoms with Crippen molar-refractivity contribution in [2.45, 2.75) is 32.7 Å². The van der Waals surface area contributed by atoms with Crippen molar-refractivity contribution < 1.29 is 0 Å². The molecule has 1 unspecified atom stereocenters. The van der Waals surface area contributed by atoms with E-state index < -0.39 is 0 Å². The second-order valence-electron chi connectivity index (χ2n) is 5.04. The number of rotatable bonds is 4. The Balaban J connectivity index is 2.23. The molecule has 0 radical (unpaired) electrons. The van der Waals surface area contributed by atoms with Crippen LogP contribution in [-0.2, 0) is 7.05 Å². The molecule has 0 aliphatic rings. The minimum absolute atomic E-state index is 0.236. The molecule has 0 aliphatic carbocycles. The lowest BCUT2D eigenvalue weighted by molar-refractivity contribution is 0.548. The third kappa shape index (κ3) is 1.91.